The zero-order valence-corrected chi connectivity index (χ0v) is 12.5. The molecule has 3 heterocycles. The molecule has 3 saturated heterocycles. The highest BCUT2D eigenvalue weighted by molar-refractivity contribution is 5.40. The van der Waals surface area contributed by atoms with Crippen LogP contribution in [0.4, 0.5) is 0 Å². The monoisotopic (exact) mass is 298 g/mol. The first-order valence-corrected chi connectivity index (χ1v) is 7.38. The van der Waals surface area contributed by atoms with E-state index in [1.54, 1.807) is 6.92 Å². The Kier molecular flexibility index (Phi) is 2.27. The van der Waals surface area contributed by atoms with Crippen molar-refractivity contribution in [2.24, 2.45) is 10.8 Å². The molecule has 4 fully saturated rings. The maximum atomic E-state index is 11.5. The van der Waals surface area contributed by atoms with Gasteiger partial charge >= 0.3 is 0 Å². The molecule has 21 heavy (non-hydrogen) atoms. The van der Waals surface area contributed by atoms with Crippen LogP contribution >= 0.6 is 0 Å². The minimum atomic E-state index is -1.87. The van der Waals surface area contributed by atoms with Crippen LogP contribution in [0.5, 0.6) is 0 Å². The van der Waals surface area contributed by atoms with E-state index in [0.29, 0.717) is 6.42 Å². The van der Waals surface area contributed by atoms with Crippen LogP contribution in [0, 0.1) is 10.8 Å². The summed E-state index contributed by atoms with van der Waals surface area (Å²) in [6, 6.07) is 0. The van der Waals surface area contributed by atoms with Crippen LogP contribution in [0.25, 0.3) is 0 Å². The molecule has 6 nitrogen and oxygen atoms in total. The van der Waals surface area contributed by atoms with Crippen LogP contribution in [0.15, 0.2) is 11.6 Å². The molecule has 0 radical (unpaired) electrons. The van der Waals surface area contributed by atoms with Gasteiger partial charge in [-0.2, -0.15) is 0 Å². The number of aliphatic hydroxyl groups excluding tert-OH is 1. The van der Waals surface area contributed by atoms with Gasteiger partial charge in [-0.05, 0) is 20.3 Å². The lowest BCUT2D eigenvalue weighted by atomic mass is 9.43. The molecule has 6 heteroatoms. The molecule has 3 aliphatic heterocycles. The molecule has 0 aromatic carbocycles. The summed E-state index contributed by atoms with van der Waals surface area (Å²) in [5.41, 5.74) is -4.51. The number of ether oxygens (including phenoxy) is 2. The number of aliphatic hydroxyl groups is 4. The second kappa shape index (κ2) is 3.37. The molecule has 0 aromatic heterocycles. The summed E-state index contributed by atoms with van der Waals surface area (Å²) in [4.78, 5) is 0. The van der Waals surface area contributed by atoms with E-state index < -0.39 is 40.2 Å². The van der Waals surface area contributed by atoms with Gasteiger partial charge < -0.3 is 29.9 Å². The molecule has 0 unspecified atom stereocenters. The molecule has 118 valence electrons. The molecule has 5 rings (SSSR count). The maximum absolute atomic E-state index is 11.5. The molecule has 1 spiro atoms. The first-order chi connectivity index (χ1) is 9.56. The van der Waals surface area contributed by atoms with Crippen molar-refractivity contribution in [3.05, 3.63) is 11.6 Å². The van der Waals surface area contributed by atoms with Gasteiger partial charge in [0.1, 0.15) is 11.7 Å². The van der Waals surface area contributed by atoms with Crippen LogP contribution < -0.4 is 0 Å². The number of hydrogen-bond acceptors (Lipinski definition) is 6. The second-order valence-corrected chi connectivity index (χ2v) is 7.53. The Morgan fingerprint density at radius 2 is 1.90 bits per heavy atom. The Bertz CT molecular complexity index is 556. The van der Waals surface area contributed by atoms with Gasteiger partial charge in [-0.15, -0.1) is 0 Å². The molecular weight excluding hydrogens is 276 g/mol. The number of rotatable bonds is 0. The van der Waals surface area contributed by atoms with Crippen LogP contribution in [-0.4, -0.2) is 56.4 Å². The Labute approximate surface area is 123 Å². The number of fused-ring (bicyclic) bond motifs is 1. The van der Waals surface area contributed by atoms with Gasteiger partial charge in [-0.25, -0.2) is 0 Å². The van der Waals surface area contributed by atoms with Crippen LogP contribution in [-0.2, 0) is 9.47 Å². The van der Waals surface area contributed by atoms with E-state index in [9.17, 15) is 20.4 Å². The fourth-order valence-corrected chi connectivity index (χ4v) is 5.24. The third-order valence-electron chi connectivity index (χ3n) is 7.02. The minimum absolute atomic E-state index is 0.00338. The first kappa shape index (κ1) is 14.1. The highest BCUT2D eigenvalue weighted by atomic mass is 16.8. The van der Waals surface area contributed by atoms with Crippen molar-refractivity contribution < 1.29 is 29.9 Å². The van der Waals surface area contributed by atoms with Crippen molar-refractivity contribution in [3.63, 3.8) is 0 Å². The topological polar surface area (TPSA) is 99.4 Å². The van der Waals surface area contributed by atoms with Crippen molar-refractivity contribution in [3.8, 4) is 0 Å². The summed E-state index contributed by atoms with van der Waals surface area (Å²) in [5, 5.41) is 44.3. The van der Waals surface area contributed by atoms with Crippen LogP contribution in [0.2, 0.25) is 0 Å². The fraction of sp³-hybridized carbons (Fsp3) is 0.867. The van der Waals surface area contributed by atoms with Gasteiger partial charge in [0.05, 0.1) is 23.0 Å². The average molecular weight is 298 g/mol. The third-order valence-corrected chi connectivity index (χ3v) is 7.02. The SMILES string of the molecule is CC1=CC[C@]2(O)[C@]3(C)CO[C@@H]4O[C@](O)(C[C@@]12[C@H]4O)[C@]3(C)O. The van der Waals surface area contributed by atoms with Crippen LogP contribution in [0.1, 0.15) is 33.6 Å². The lowest BCUT2D eigenvalue weighted by Crippen LogP contribution is -2.82. The Balaban J connectivity index is 2.07. The quantitative estimate of drug-likeness (QED) is 0.456. The van der Waals surface area contributed by atoms with Gasteiger partial charge in [-0.1, -0.05) is 18.6 Å². The largest absolute Gasteiger partial charge is 0.388 e. The summed E-state index contributed by atoms with van der Waals surface area (Å²) >= 11 is 0. The molecule has 2 aliphatic carbocycles. The van der Waals surface area contributed by atoms with E-state index in [2.05, 4.69) is 0 Å². The molecule has 7 atom stereocenters. The van der Waals surface area contributed by atoms with Crippen molar-refractivity contribution in [1.29, 1.82) is 0 Å². The molecule has 4 bridgehead atoms. The smallest absolute Gasteiger partial charge is 0.199 e. The standard InChI is InChI=1S/C15H22O6/c1-8-4-5-14(18)11(2)7-20-10-9(16)13(8,14)6-15(19,21-10)12(11,3)17/h4,9-10,16-19H,5-7H2,1-3H3/t9-,10+,11+,12+,13-,14-,15+/m0/s1. The van der Waals surface area contributed by atoms with Crippen molar-refractivity contribution in [2.45, 2.75) is 63.0 Å². The third kappa shape index (κ3) is 1.08. The molecular formula is C15H22O6. The zero-order chi connectivity index (χ0) is 15.5. The van der Waals surface area contributed by atoms with Gasteiger partial charge in [0.15, 0.2) is 12.1 Å². The van der Waals surface area contributed by atoms with Gasteiger partial charge in [0, 0.05) is 6.42 Å². The fourth-order valence-electron chi connectivity index (χ4n) is 5.24. The van der Waals surface area contributed by atoms with Gasteiger partial charge in [-0.3, -0.25) is 0 Å². The Morgan fingerprint density at radius 1 is 1.24 bits per heavy atom. The van der Waals surface area contributed by atoms with Crippen molar-refractivity contribution >= 4 is 0 Å². The van der Waals surface area contributed by atoms with E-state index in [1.165, 1.54) is 6.92 Å². The van der Waals surface area contributed by atoms with E-state index in [1.807, 2.05) is 13.0 Å². The lowest BCUT2D eigenvalue weighted by molar-refractivity contribution is -0.440. The normalized spacial score (nSPS) is 65.2. The summed E-state index contributed by atoms with van der Waals surface area (Å²) in [6.07, 6.45) is 0.000648. The second-order valence-electron chi connectivity index (χ2n) is 7.53. The summed E-state index contributed by atoms with van der Waals surface area (Å²) in [7, 11) is 0. The summed E-state index contributed by atoms with van der Waals surface area (Å²) in [5.74, 6) is -1.87. The predicted octanol–water partition coefficient (Wildman–Crippen LogP) is -0.349. The van der Waals surface area contributed by atoms with Crippen LogP contribution in [0.3, 0.4) is 0 Å². The highest BCUT2D eigenvalue weighted by Crippen LogP contribution is 2.72. The minimum Gasteiger partial charge on any atom is -0.388 e. The Morgan fingerprint density at radius 3 is 2.57 bits per heavy atom. The molecule has 1 saturated carbocycles. The predicted molar refractivity (Wildman–Crippen MR) is 70.9 cm³/mol. The van der Waals surface area contributed by atoms with E-state index in [-0.39, 0.29) is 13.0 Å². The lowest BCUT2D eigenvalue weighted by Gasteiger charge is -2.68. The first-order valence-electron chi connectivity index (χ1n) is 7.38. The average Bonchev–Trinajstić information content (AvgIpc) is 2.61. The maximum Gasteiger partial charge on any atom is 0.199 e. The molecule has 0 aromatic rings. The van der Waals surface area contributed by atoms with E-state index in [0.717, 1.165) is 5.57 Å². The highest BCUT2D eigenvalue weighted by Gasteiger charge is 2.84. The molecule has 0 amide bonds. The zero-order valence-electron chi connectivity index (χ0n) is 12.5. The van der Waals surface area contributed by atoms with Gasteiger partial charge in [0.2, 0.25) is 0 Å². The molecule has 4 N–H and O–H groups in total. The van der Waals surface area contributed by atoms with E-state index >= 15 is 0 Å². The molecule has 5 aliphatic rings. The number of hydrogen-bond donors (Lipinski definition) is 4. The van der Waals surface area contributed by atoms with E-state index in [4.69, 9.17) is 9.47 Å². The summed E-state index contributed by atoms with van der Waals surface area (Å²) < 4.78 is 11.1. The Hall–Kier alpha value is -0.500. The van der Waals surface area contributed by atoms with Gasteiger partial charge in [0.25, 0.3) is 0 Å². The van der Waals surface area contributed by atoms with Crippen molar-refractivity contribution in [2.75, 3.05) is 6.61 Å². The van der Waals surface area contributed by atoms with Crippen molar-refractivity contribution in [1.82, 2.24) is 0 Å². The summed E-state index contributed by atoms with van der Waals surface area (Å²) in [6.45, 7) is 5.02.